The average molecular weight is 648 g/mol. The molecule has 1 aliphatic heterocycles. The SMILES string of the molecule is CCc1ccc(NC(=O)C(=O)N/N=C/C23c4ccccc4C(c4ccccc42)C2C(=O)N(c4ccc(Br)cc4)C(=O)C23)cc1. The summed E-state index contributed by atoms with van der Waals surface area (Å²) in [6.45, 7) is 2.03. The van der Waals surface area contributed by atoms with Gasteiger partial charge in [-0.2, -0.15) is 5.10 Å². The highest BCUT2D eigenvalue weighted by atomic mass is 79.9. The Morgan fingerprint density at radius 2 is 1.45 bits per heavy atom. The maximum Gasteiger partial charge on any atom is 0.329 e. The molecule has 1 saturated heterocycles. The summed E-state index contributed by atoms with van der Waals surface area (Å²) in [5.41, 5.74) is 6.88. The normalized spacial score (nSPS) is 22.9. The summed E-state index contributed by atoms with van der Waals surface area (Å²) in [5.74, 6) is -4.23. The van der Waals surface area contributed by atoms with Gasteiger partial charge >= 0.3 is 11.8 Å². The number of carbonyl (C=O) groups excluding carboxylic acids is 4. The first-order valence-electron chi connectivity index (χ1n) is 14.4. The highest BCUT2D eigenvalue weighted by Gasteiger charge is 2.68. The molecule has 4 aromatic carbocycles. The number of hydrogen-bond acceptors (Lipinski definition) is 5. The molecule has 0 saturated carbocycles. The van der Waals surface area contributed by atoms with Gasteiger partial charge < -0.3 is 5.32 Å². The van der Waals surface area contributed by atoms with Gasteiger partial charge in [0.2, 0.25) is 11.8 Å². The van der Waals surface area contributed by atoms with Gasteiger partial charge in [-0.15, -0.1) is 0 Å². The molecule has 8 rings (SSSR count). The molecule has 218 valence electrons. The molecule has 4 aliphatic rings. The number of hydrazone groups is 1. The van der Waals surface area contributed by atoms with Crippen LogP contribution in [0.15, 0.2) is 107 Å². The smallest absolute Gasteiger partial charge is 0.318 e. The molecule has 2 bridgehead atoms. The van der Waals surface area contributed by atoms with Gasteiger partial charge in [0, 0.05) is 22.3 Å². The maximum absolute atomic E-state index is 14.4. The van der Waals surface area contributed by atoms with Crippen LogP contribution in [0.4, 0.5) is 11.4 Å². The van der Waals surface area contributed by atoms with Crippen molar-refractivity contribution in [3.8, 4) is 0 Å². The minimum absolute atomic E-state index is 0.272. The molecule has 2 N–H and O–H groups in total. The van der Waals surface area contributed by atoms with Crippen molar-refractivity contribution >= 4 is 57.1 Å². The van der Waals surface area contributed by atoms with E-state index in [1.807, 2.05) is 67.6 Å². The summed E-state index contributed by atoms with van der Waals surface area (Å²) in [6.07, 6.45) is 2.39. The van der Waals surface area contributed by atoms with Crippen molar-refractivity contribution in [1.82, 2.24) is 5.43 Å². The molecule has 4 amide bonds. The van der Waals surface area contributed by atoms with Crippen LogP contribution >= 0.6 is 15.9 Å². The number of halogens is 1. The highest BCUT2D eigenvalue weighted by Crippen LogP contribution is 2.63. The number of anilines is 2. The lowest BCUT2D eigenvalue weighted by atomic mass is 9.47. The summed E-state index contributed by atoms with van der Waals surface area (Å²) in [6, 6.07) is 29.9. The predicted octanol–water partition coefficient (Wildman–Crippen LogP) is 5.30. The quantitative estimate of drug-likeness (QED) is 0.133. The van der Waals surface area contributed by atoms with E-state index in [-0.39, 0.29) is 17.7 Å². The second kappa shape index (κ2) is 10.7. The van der Waals surface area contributed by atoms with Crippen LogP contribution in [0.5, 0.6) is 0 Å². The van der Waals surface area contributed by atoms with Gasteiger partial charge in [0.05, 0.1) is 22.9 Å². The molecule has 4 aromatic rings. The standard InChI is InChI=1S/C35H27BrN4O4/c1-2-20-11-15-22(16-12-20)38-31(41)32(42)39-37-19-35-26-9-5-3-7-24(26)28(25-8-4-6-10-27(25)35)29-30(35)34(44)40(33(29)43)23-17-13-21(36)14-18-23/h3-19,28-30H,2H2,1H3,(H,38,41)(H,39,42)/b37-19+. The molecule has 0 spiro atoms. The van der Waals surface area contributed by atoms with Gasteiger partial charge in [0.15, 0.2) is 0 Å². The van der Waals surface area contributed by atoms with Gasteiger partial charge in [0.25, 0.3) is 0 Å². The first-order valence-corrected chi connectivity index (χ1v) is 15.2. The Hall–Kier alpha value is -4.89. The van der Waals surface area contributed by atoms with Crippen molar-refractivity contribution in [3.63, 3.8) is 0 Å². The maximum atomic E-state index is 14.4. The number of benzene rings is 4. The Morgan fingerprint density at radius 3 is 2.07 bits per heavy atom. The number of nitrogens with one attached hydrogen (secondary N) is 2. The third kappa shape index (κ3) is 4.14. The van der Waals surface area contributed by atoms with Crippen LogP contribution in [0.1, 0.15) is 40.7 Å². The van der Waals surface area contributed by atoms with Crippen LogP contribution < -0.4 is 15.6 Å². The number of nitrogens with zero attached hydrogens (tertiary/aromatic N) is 2. The van der Waals surface area contributed by atoms with E-state index in [0.29, 0.717) is 11.4 Å². The Balaban J connectivity index is 1.28. The number of amides is 4. The fraction of sp³-hybridized carbons (Fsp3) is 0.171. The molecular weight excluding hydrogens is 620 g/mol. The summed E-state index contributed by atoms with van der Waals surface area (Å²) in [7, 11) is 0. The average Bonchev–Trinajstić information content (AvgIpc) is 3.32. The van der Waals surface area contributed by atoms with E-state index in [9.17, 15) is 19.2 Å². The minimum atomic E-state index is -1.16. The largest absolute Gasteiger partial charge is 0.329 e. The molecule has 44 heavy (non-hydrogen) atoms. The molecule has 1 fully saturated rings. The molecule has 0 aromatic heterocycles. The van der Waals surface area contributed by atoms with Gasteiger partial charge in [-0.3, -0.25) is 19.2 Å². The van der Waals surface area contributed by atoms with E-state index in [2.05, 4.69) is 31.8 Å². The number of rotatable bonds is 5. The molecule has 8 nitrogen and oxygen atoms in total. The first kappa shape index (κ1) is 27.9. The zero-order valence-electron chi connectivity index (χ0n) is 23.7. The van der Waals surface area contributed by atoms with Gasteiger partial charge in [-0.1, -0.05) is 83.5 Å². The van der Waals surface area contributed by atoms with Gasteiger partial charge in [-0.25, -0.2) is 10.3 Å². The first-order chi connectivity index (χ1) is 21.3. The zero-order chi connectivity index (χ0) is 30.6. The van der Waals surface area contributed by atoms with Crippen molar-refractivity contribution in [1.29, 1.82) is 0 Å². The summed E-state index contributed by atoms with van der Waals surface area (Å²) in [4.78, 5) is 55.4. The molecular formula is C35H27BrN4O4. The van der Waals surface area contributed by atoms with E-state index in [1.54, 1.807) is 36.4 Å². The van der Waals surface area contributed by atoms with Crippen molar-refractivity contribution in [3.05, 3.63) is 129 Å². The molecule has 2 unspecified atom stereocenters. The van der Waals surface area contributed by atoms with E-state index >= 15 is 0 Å². The predicted molar refractivity (Wildman–Crippen MR) is 170 cm³/mol. The Morgan fingerprint density at radius 1 is 0.841 bits per heavy atom. The van der Waals surface area contributed by atoms with Crippen LogP contribution in [0.25, 0.3) is 0 Å². The van der Waals surface area contributed by atoms with Crippen molar-refractivity contribution < 1.29 is 19.2 Å². The third-order valence-corrected chi connectivity index (χ3v) is 9.56. The van der Waals surface area contributed by atoms with Crippen molar-refractivity contribution in [2.45, 2.75) is 24.7 Å². The topological polar surface area (TPSA) is 108 Å². The zero-order valence-corrected chi connectivity index (χ0v) is 25.2. The second-order valence-corrected chi connectivity index (χ2v) is 12.1. The van der Waals surface area contributed by atoms with Crippen LogP contribution in [-0.2, 0) is 31.0 Å². The van der Waals surface area contributed by atoms with Gasteiger partial charge in [0.1, 0.15) is 0 Å². The fourth-order valence-corrected chi connectivity index (χ4v) is 7.41. The lowest BCUT2D eigenvalue weighted by molar-refractivity contribution is -0.136. The van der Waals surface area contributed by atoms with Gasteiger partial charge in [-0.05, 0) is 70.6 Å². The third-order valence-electron chi connectivity index (χ3n) is 9.03. The Kier molecular flexibility index (Phi) is 6.77. The number of hydrogen-bond donors (Lipinski definition) is 2. The van der Waals surface area contributed by atoms with E-state index < -0.39 is 29.1 Å². The van der Waals surface area contributed by atoms with E-state index in [0.717, 1.165) is 38.7 Å². The monoisotopic (exact) mass is 646 g/mol. The lowest BCUT2D eigenvalue weighted by Crippen LogP contribution is -2.54. The lowest BCUT2D eigenvalue weighted by Gasteiger charge is -2.52. The molecule has 1 heterocycles. The van der Waals surface area contributed by atoms with Crippen LogP contribution in [0.2, 0.25) is 0 Å². The highest BCUT2D eigenvalue weighted by molar-refractivity contribution is 9.10. The summed E-state index contributed by atoms with van der Waals surface area (Å²) in [5, 5.41) is 6.89. The van der Waals surface area contributed by atoms with Crippen molar-refractivity contribution in [2.75, 3.05) is 10.2 Å². The van der Waals surface area contributed by atoms with E-state index in [1.165, 1.54) is 11.1 Å². The minimum Gasteiger partial charge on any atom is -0.318 e. The molecule has 3 aliphatic carbocycles. The Labute approximate surface area is 262 Å². The molecule has 0 radical (unpaired) electrons. The Bertz CT molecular complexity index is 1820. The number of imide groups is 1. The van der Waals surface area contributed by atoms with Crippen molar-refractivity contribution in [2.24, 2.45) is 16.9 Å². The summed E-state index contributed by atoms with van der Waals surface area (Å²) < 4.78 is 0.832. The van der Waals surface area contributed by atoms with Crippen LogP contribution in [0, 0.1) is 11.8 Å². The molecule has 2 atom stereocenters. The number of carbonyl (C=O) groups is 4. The molecule has 9 heteroatoms. The van der Waals surface area contributed by atoms with E-state index in [4.69, 9.17) is 0 Å². The number of aryl methyl sites for hydroxylation is 1. The summed E-state index contributed by atoms with van der Waals surface area (Å²) >= 11 is 3.43. The van der Waals surface area contributed by atoms with Crippen LogP contribution in [0.3, 0.4) is 0 Å². The second-order valence-electron chi connectivity index (χ2n) is 11.2. The fourth-order valence-electron chi connectivity index (χ4n) is 7.15. The van der Waals surface area contributed by atoms with Crippen LogP contribution in [-0.4, -0.2) is 29.8 Å².